The maximum Gasteiger partial charge on any atom is 0.408 e. The molecule has 0 aromatic heterocycles. The molecule has 0 radical (unpaired) electrons. The number of nitrogens with one attached hydrogen (secondary N) is 3. The predicted octanol–water partition coefficient (Wildman–Crippen LogP) is 5.31. The zero-order valence-electron chi connectivity index (χ0n) is 27.9. The lowest BCUT2D eigenvalue weighted by atomic mass is 9.63. The maximum atomic E-state index is 13.9. The van der Waals surface area contributed by atoms with Crippen LogP contribution in [0.4, 0.5) is 4.79 Å². The second kappa shape index (κ2) is 16.8. The standard InChI is InChI=1S/C36H46ClN5O6/c1-35(2,3)48-34(47)40-30(23-25-13-15-28(37)16-14-25)32(45)41-42-21-17-36(18-22-42,27-10-5-4-6-11-27)33(46)39-20-19-38-31(44)29-12-8-7-9-26(29)24-43/h7-9,12-16,19,24,27,30H,4-6,10-11,17-18,20-23H2,1-3H3,(H,39,46)(H,40,47)(H,41,45)/t30-/m1/s1. The van der Waals surface area contributed by atoms with Gasteiger partial charge in [0, 0.05) is 36.3 Å². The first-order valence-corrected chi connectivity index (χ1v) is 17.0. The molecule has 258 valence electrons. The van der Waals surface area contributed by atoms with Crippen LogP contribution in [0.2, 0.25) is 5.02 Å². The van der Waals surface area contributed by atoms with Gasteiger partial charge in [0.15, 0.2) is 6.29 Å². The van der Waals surface area contributed by atoms with Crippen molar-refractivity contribution in [3.05, 3.63) is 70.2 Å². The number of hydrogen-bond acceptors (Lipinski definition) is 7. The molecule has 2 fully saturated rings. The van der Waals surface area contributed by atoms with Gasteiger partial charge in [0.1, 0.15) is 11.6 Å². The Kier molecular flexibility index (Phi) is 12.9. The van der Waals surface area contributed by atoms with Gasteiger partial charge in [0.25, 0.3) is 11.8 Å². The fourth-order valence-electron chi connectivity index (χ4n) is 6.55. The fraction of sp³-hybridized carbons (Fsp3) is 0.500. The van der Waals surface area contributed by atoms with Gasteiger partial charge in [-0.3, -0.25) is 24.6 Å². The SMILES string of the molecule is CC(C)(C)OC(=O)N[C@H](Cc1ccc(Cl)cc1)C(=O)NN1CCC(C(=O)NCC=NC(=O)c2ccccc2C=O)(C2CCCCC2)CC1. The van der Waals surface area contributed by atoms with E-state index in [1.54, 1.807) is 57.2 Å². The minimum absolute atomic E-state index is 0.0749. The molecule has 1 aliphatic heterocycles. The van der Waals surface area contributed by atoms with Crippen LogP contribution in [-0.4, -0.2) is 72.6 Å². The third-order valence-corrected chi connectivity index (χ3v) is 9.26. The third kappa shape index (κ3) is 10.2. The van der Waals surface area contributed by atoms with Gasteiger partial charge in [-0.1, -0.05) is 61.2 Å². The Bertz CT molecular complexity index is 1470. The number of alkyl carbamates (subject to hydrolysis) is 1. The molecule has 1 aliphatic carbocycles. The lowest BCUT2D eigenvalue weighted by Crippen LogP contribution is -2.59. The highest BCUT2D eigenvalue weighted by Gasteiger charge is 2.47. The van der Waals surface area contributed by atoms with Crippen molar-refractivity contribution in [2.75, 3.05) is 19.6 Å². The number of piperidine rings is 1. The number of aldehydes is 1. The molecule has 2 aliphatic rings. The minimum atomic E-state index is -0.908. The number of nitrogens with zero attached hydrogens (tertiary/aromatic N) is 2. The van der Waals surface area contributed by atoms with E-state index >= 15 is 0 Å². The molecule has 1 saturated heterocycles. The highest BCUT2D eigenvalue weighted by atomic mass is 35.5. The minimum Gasteiger partial charge on any atom is -0.444 e. The van der Waals surface area contributed by atoms with Gasteiger partial charge >= 0.3 is 6.09 Å². The first-order chi connectivity index (χ1) is 22.9. The number of rotatable bonds is 11. The van der Waals surface area contributed by atoms with Crippen molar-refractivity contribution in [3.63, 3.8) is 0 Å². The summed E-state index contributed by atoms with van der Waals surface area (Å²) >= 11 is 6.04. The van der Waals surface area contributed by atoms with Crippen LogP contribution in [0, 0.1) is 11.3 Å². The summed E-state index contributed by atoms with van der Waals surface area (Å²) in [5.41, 5.74) is 2.90. The quantitative estimate of drug-likeness (QED) is 0.216. The summed E-state index contributed by atoms with van der Waals surface area (Å²) in [6, 6.07) is 12.6. The monoisotopic (exact) mass is 679 g/mol. The number of benzene rings is 2. The number of hydrogen-bond donors (Lipinski definition) is 3. The topological polar surface area (TPSA) is 146 Å². The third-order valence-electron chi connectivity index (χ3n) is 9.00. The van der Waals surface area contributed by atoms with Crippen LogP contribution < -0.4 is 16.1 Å². The van der Waals surface area contributed by atoms with E-state index < -0.39 is 29.1 Å². The Morgan fingerprint density at radius 2 is 1.69 bits per heavy atom. The second-order valence-corrected chi connectivity index (χ2v) is 14.0. The number of amides is 4. The van der Waals surface area contributed by atoms with E-state index in [0.29, 0.717) is 37.2 Å². The van der Waals surface area contributed by atoms with Crippen LogP contribution in [0.1, 0.15) is 92.0 Å². The first-order valence-electron chi connectivity index (χ1n) is 16.6. The molecule has 0 unspecified atom stereocenters. The molecule has 0 bridgehead atoms. The molecule has 11 nitrogen and oxygen atoms in total. The summed E-state index contributed by atoms with van der Waals surface area (Å²) in [6.45, 7) is 6.24. The molecular formula is C36H46ClN5O6. The van der Waals surface area contributed by atoms with Gasteiger partial charge in [0.2, 0.25) is 5.91 Å². The number of halogens is 1. The molecule has 2 aromatic rings. The summed E-state index contributed by atoms with van der Waals surface area (Å²) in [7, 11) is 0. The van der Waals surface area contributed by atoms with Crippen molar-refractivity contribution >= 4 is 47.9 Å². The Morgan fingerprint density at radius 1 is 1.02 bits per heavy atom. The smallest absolute Gasteiger partial charge is 0.408 e. The Morgan fingerprint density at radius 3 is 2.33 bits per heavy atom. The second-order valence-electron chi connectivity index (χ2n) is 13.5. The summed E-state index contributed by atoms with van der Waals surface area (Å²) in [5, 5.41) is 8.08. The van der Waals surface area contributed by atoms with Crippen LogP contribution >= 0.6 is 11.6 Å². The van der Waals surface area contributed by atoms with E-state index in [1.807, 2.05) is 17.1 Å². The van der Waals surface area contributed by atoms with Crippen LogP contribution in [-0.2, 0) is 20.7 Å². The lowest BCUT2D eigenvalue weighted by Gasteiger charge is -2.46. The lowest BCUT2D eigenvalue weighted by molar-refractivity contribution is -0.141. The Hall–Kier alpha value is -4.09. The molecule has 12 heteroatoms. The Labute approximate surface area is 287 Å². The normalized spacial score (nSPS) is 17.7. The summed E-state index contributed by atoms with van der Waals surface area (Å²) in [6.07, 6.45) is 7.78. The molecule has 1 atom stereocenters. The summed E-state index contributed by atoms with van der Waals surface area (Å²) < 4.78 is 5.42. The van der Waals surface area contributed by atoms with E-state index in [0.717, 1.165) is 37.7 Å². The van der Waals surface area contributed by atoms with Crippen LogP contribution in [0.25, 0.3) is 0 Å². The van der Waals surface area contributed by atoms with E-state index in [-0.39, 0.29) is 41.8 Å². The van der Waals surface area contributed by atoms with E-state index in [9.17, 15) is 24.0 Å². The van der Waals surface area contributed by atoms with Crippen LogP contribution in [0.3, 0.4) is 0 Å². The maximum absolute atomic E-state index is 13.9. The van der Waals surface area contributed by atoms with E-state index in [1.165, 1.54) is 6.21 Å². The van der Waals surface area contributed by atoms with Gasteiger partial charge in [-0.2, -0.15) is 0 Å². The molecule has 2 aromatic carbocycles. The van der Waals surface area contributed by atoms with Gasteiger partial charge in [-0.25, -0.2) is 14.8 Å². The van der Waals surface area contributed by atoms with Crippen molar-refractivity contribution in [1.29, 1.82) is 0 Å². The largest absolute Gasteiger partial charge is 0.444 e. The van der Waals surface area contributed by atoms with Crippen LogP contribution in [0.15, 0.2) is 53.5 Å². The van der Waals surface area contributed by atoms with Crippen molar-refractivity contribution in [1.82, 2.24) is 21.1 Å². The van der Waals surface area contributed by atoms with E-state index in [4.69, 9.17) is 16.3 Å². The highest BCUT2D eigenvalue weighted by molar-refractivity contribution is 6.30. The summed E-state index contributed by atoms with van der Waals surface area (Å²) in [4.78, 5) is 67.9. The molecule has 0 spiro atoms. The molecule has 1 saturated carbocycles. The zero-order chi connectivity index (χ0) is 34.7. The number of carbonyl (C=O) groups excluding carboxylic acids is 5. The Balaban J connectivity index is 1.40. The number of hydrazine groups is 1. The number of aliphatic imine (C=N–C) groups is 1. The van der Waals surface area contributed by atoms with Crippen LogP contribution in [0.5, 0.6) is 0 Å². The highest BCUT2D eigenvalue weighted by Crippen LogP contribution is 2.46. The van der Waals surface area contributed by atoms with Gasteiger partial charge < -0.3 is 15.4 Å². The first kappa shape index (κ1) is 36.7. The average molecular weight is 680 g/mol. The van der Waals surface area contributed by atoms with Crippen molar-refractivity contribution < 1.29 is 28.7 Å². The van der Waals surface area contributed by atoms with Gasteiger partial charge in [-0.15, -0.1) is 0 Å². The van der Waals surface area contributed by atoms with Gasteiger partial charge in [-0.05, 0) is 76.1 Å². The number of ether oxygens (including phenoxy) is 1. The van der Waals surface area contributed by atoms with E-state index in [2.05, 4.69) is 21.1 Å². The molecule has 4 amide bonds. The predicted molar refractivity (Wildman–Crippen MR) is 184 cm³/mol. The molecule has 3 N–H and O–H groups in total. The van der Waals surface area contributed by atoms with Crippen molar-refractivity contribution in [3.8, 4) is 0 Å². The molecule has 48 heavy (non-hydrogen) atoms. The average Bonchev–Trinajstić information content (AvgIpc) is 3.07. The van der Waals surface area contributed by atoms with Crippen molar-refractivity contribution in [2.45, 2.75) is 83.8 Å². The molecular weight excluding hydrogens is 634 g/mol. The van der Waals surface area contributed by atoms with Crippen molar-refractivity contribution in [2.24, 2.45) is 16.3 Å². The zero-order valence-corrected chi connectivity index (χ0v) is 28.7. The molecule has 1 heterocycles. The fourth-order valence-corrected chi connectivity index (χ4v) is 6.68. The van der Waals surface area contributed by atoms with Gasteiger partial charge in [0.05, 0.1) is 17.5 Å². The summed E-state index contributed by atoms with van der Waals surface area (Å²) in [5.74, 6) is -0.815. The number of carbonyl (C=O) groups is 5. The molecule has 4 rings (SSSR count).